The Kier molecular flexibility index (Phi) is 2.44. The Hall–Kier alpha value is -1.06. The Bertz CT molecular complexity index is 264. The van der Waals surface area contributed by atoms with E-state index in [4.69, 9.17) is 4.74 Å². The van der Waals surface area contributed by atoms with Gasteiger partial charge in [0, 0.05) is 13.3 Å². The molecule has 4 nitrogen and oxygen atoms in total. The van der Waals surface area contributed by atoms with Crippen LogP contribution in [0.3, 0.4) is 0 Å². The fourth-order valence-electron chi connectivity index (χ4n) is 2.51. The van der Waals surface area contributed by atoms with Crippen molar-refractivity contribution >= 4 is 11.9 Å². The predicted octanol–water partition coefficient (Wildman–Crippen LogP) is 0.607. The molecule has 3 atom stereocenters. The molecule has 1 heterocycles. The number of carbonyl (C=O) groups excluding carboxylic acids is 2. The Balaban J connectivity index is 2.03. The summed E-state index contributed by atoms with van der Waals surface area (Å²) in [6.07, 6.45) is 3.50. The van der Waals surface area contributed by atoms with E-state index in [9.17, 15) is 9.59 Å². The zero-order valence-corrected chi connectivity index (χ0v) is 8.29. The number of carbonyl (C=O) groups is 2. The van der Waals surface area contributed by atoms with Crippen molar-refractivity contribution in [3.8, 4) is 0 Å². The van der Waals surface area contributed by atoms with Gasteiger partial charge in [-0.3, -0.25) is 9.59 Å². The largest absolute Gasteiger partial charge is 0.460 e. The van der Waals surface area contributed by atoms with Crippen LogP contribution in [-0.4, -0.2) is 24.0 Å². The van der Waals surface area contributed by atoms with E-state index in [1.807, 2.05) is 0 Å². The van der Waals surface area contributed by atoms with Gasteiger partial charge in [0.05, 0.1) is 6.04 Å². The Morgan fingerprint density at radius 1 is 1.50 bits per heavy atom. The minimum atomic E-state index is -0.253. The van der Waals surface area contributed by atoms with Gasteiger partial charge in [0.1, 0.15) is 6.10 Å². The maximum Gasteiger partial charge on any atom is 0.302 e. The number of ether oxygens (including phenoxy) is 1. The molecular formula is C10H15NO3. The van der Waals surface area contributed by atoms with Crippen LogP contribution in [0.5, 0.6) is 0 Å². The summed E-state index contributed by atoms with van der Waals surface area (Å²) in [4.78, 5) is 22.0. The predicted molar refractivity (Wildman–Crippen MR) is 49.4 cm³/mol. The van der Waals surface area contributed by atoms with Crippen molar-refractivity contribution in [3.05, 3.63) is 0 Å². The van der Waals surface area contributed by atoms with Gasteiger partial charge in [0.15, 0.2) is 0 Å². The number of hydrogen-bond acceptors (Lipinski definition) is 3. The number of nitrogens with one attached hydrogen (secondary N) is 1. The average Bonchev–Trinajstić information content (AvgIpc) is 2.45. The molecular weight excluding hydrogens is 182 g/mol. The molecule has 3 unspecified atom stereocenters. The first-order valence-corrected chi connectivity index (χ1v) is 5.13. The monoisotopic (exact) mass is 197 g/mol. The minimum absolute atomic E-state index is 0.0696. The molecule has 0 aromatic heterocycles. The molecule has 1 amide bonds. The van der Waals surface area contributed by atoms with Gasteiger partial charge in [-0.2, -0.15) is 0 Å². The van der Waals surface area contributed by atoms with Gasteiger partial charge in [-0.25, -0.2) is 0 Å². The third-order valence-electron chi connectivity index (χ3n) is 3.06. The zero-order chi connectivity index (χ0) is 10.1. The van der Waals surface area contributed by atoms with Crippen molar-refractivity contribution in [3.63, 3.8) is 0 Å². The quantitative estimate of drug-likeness (QED) is 0.626. The molecule has 0 bridgehead atoms. The summed E-state index contributed by atoms with van der Waals surface area (Å²) in [5, 5.41) is 2.90. The van der Waals surface area contributed by atoms with E-state index in [-0.39, 0.29) is 24.0 Å². The molecule has 14 heavy (non-hydrogen) atoms. The highest BCUT2D eigenvalue weighted by molar-refractivity contribution is 5.79. The lowest BCUT2D eigenvalue weighted by Gasteiger charge is -2.32. The topological polar surface area (TPSA) is 55.4 Å². The van der Waals surface area contributed by atoms with E-state index < -0.39 is 0 Å². The lowest BCUT2D eigenvalue weighted by Crippen LogP contribution is -2.45. The van der Waals surface area contributed by atoms with Crippen LogP contribution in [0.15, 0.2) is 0 Å². The van der Waals surface area contributed by atoms with Crippen molar-refractivity contribution < 1.29 is 14.3 Å². The SMILES string of the molecule is CC(=O)OC1CCCC2CC(=O)NC21. The molecule has 0 aromatic carbocycles. The van der Waals surface area contributed by atoms with Crippen molar-refractivity contribution in [1.82, 2.24) is 5.32 Å². The Morgan fingerprint density at radius 2 is 2.29 bits per heavy atom. The fourth-order valence-corrected chi connectivity index (χ4v) is 2.51. The number of hydrogen-bond donors (Lipinski definition) is 1. The third kappa shape index (κ3) is 1.74. The van der Waals surface area contributed by atoms with Gasteiger partial charge in [0.25, 0.3) is 0 Å². The lowest BCUT2D eigenvalue weighted by molar-refractivity contribution is -0.150. The molecule has 1 aliphatic carbocycles. The Morgan fingerprint density at radius 3 is 3.00 bits per heavy atom. The first-order chi connectivity index (χ1) is 6.66. The minimum Gasteiger partial charge on any atom is -0.460 e. The van der Waals surface area contributed by atoms with E-state index in [0.29, 0.717) is 12.3 Å². The highest BCUT2D eigenvalue weighted by Crippen LogP contribution is 2.32. The molecule has 4 heteroatoms. The van der Waals surface area contributed by atoms with Gasteiger partial charge >= 0.3 is 5.97 Å². The molecule has 0 aromatic rings. The molecule has 2 rings (SSSR count). The molecule has 1 saturated carbocycles. The molecule has 78 valence electrons. The molecule has 0 spiro atoms. The zero-order valence-electron chi connectivity index (χ0n) is 8.29. The van der Waals surface area contributed by atoms with Gasteiger partial charge in [-0.1, -0.05) is 0 Å². The van der Waals surface area contributed by atoms with Gasteiger partial charge in [-0.05, 0) is 25.2 Å². The Labute approximate surface area is 83.0 Å². The fraction of sp³-hybridized carbons (Fsp3) is 0.800. The summed E-state index contributed by atoms with van der Waals surface area (Å²) in [5.74, 6) is 0.219. The van der Waals surface area contributed by atoms with Crippen LogP contribution in [0, 0.1) is 5.92 Å². The second kappa shape index (κ2) is 3.59. The van der Waals surface area contributed by atoms with Crippen molar-refractivity contribution in [2.24, 2.45) is 5.92 Å². The molecule has 1 aliphatic heterocycles. The third-order valence-corrected chi connectivity index (χ3v) is 3.06. The maximum absolute atomic E-state index is 11.2. The van der Waals surface area contributed by atoms with Gasteiger partial charge < -0.3 is 10.1 Å². The van der Waals surface area contributed by atoms with E-state index in [0.717, 1.165) is 19.3 Å². The normalized spacial score (nSPS) is 36.1. The maximum atomic E-state index is 11.2. The van der Waals surface area contributed by atoms with Crippen LogP contribution >= 0.6 is 0 Å². The number of rotatable bonds is 1. The van der Waals surface area contributed by atoms with E-state index in [2.05, 4.69) is 5.32 Å². The van der Waals surface area contributed by atoms with E-state index >= 15 is 0 Å². The standard InChI is InChI=1S/C10H15NO3/c1-6(12)14-8-4-2-3-7-5-9(13)11-10(7)8/h7-8,10H,2-5H2,1H3,(H,11,13). The lowest BCUT2D eigenvalue weighted by atomic mass is 9.83. The highest BCUT2D eigenvalue weighted by Gasteiger charge is 2.41. The van der Waals surface area contributed by atoms with Crippen molar-refractivity contribution in [2.75, 3.05) is 0 Å². The molecule has 0 radical (unpaired) electrons. The first-order valence-electron chi connectivity index (χ1n) is 5.13. The smallest absolute Gasteiger partial charge is 0.302 e. The second-order valence-electron chi connectivity index (χ2n) is 4.14. The van der Waals surface area contributed by atoms with Crippen LogP contribution in [0.2, 0.25) is 0 Å². The molecule has 1 saturated heterocycles. The summed E-state index contributed by atoms with van der Waals surface area (Å²) >= 11 is 0. The summed E-state index contributed by atoms with van der Waals surface area (Å²) in [5.41, 5.74) is 0. The summed E-state index contributed by atoms with van der Waals surface area (Å²) < 4.78 is 5.20. The van der Waals surface area contributed by atoms with Gasteiger partial charge in [-0.15, -0.1) is 0 Å². The summed E-state index contributed by atoms with van der Waals surface area (Å²) in [6, 6.07) is 0.0696. The summed E-state index contributed by atoms with van der Waals surface area (Å²) in [7, 11) is 0. The van der Waals surface area contributed by atoms with Crippen LogP contribution in [0.25, 0.3) is 0 Å². The average molecular weight is 197 g/mol. The number of fused-ring (bicyclic) bond motifs is 1. The first kappa shape index (κ1) is 9.49. The van der Waals surface area contributed by atoms with Gasteiger partial charge in [0.2, 0.25) is 5.91 Å². The number of amides is 1. The molecule has 1 N–H and O–H groups in total. The number of esters is 1. The van der Waals surface area contributed by atoms with Crippen LogP contribution in [-0.2, 0) is 14.3 Å². The van der Waals surface area contributed by atoms with E-state index in [1.165, 1.54) is 6.92 Å². The van der Waals surface area contributed by atoms with Crippen LogP contribution in [0.4, 0.5) is 0 Å². The van der Waals surface area contributed by atoms with Crippen LogP contribution < -0.4 is 5.32 Å². The second-order valence-corrected chi connectivity index (χ2v) is 4.14. The van der Waals surface area contributed by atoms with Crippen LogP contribution in [0.1, 0.15) is 32.6 Å². The van der Waals surface area contributed by atoms with Crippen molar-refractivity contribution in [1.29, 1.82) is 0 Å². The highest BCUT2D eigenvalue weighted by atomic mass is 16.5. The summed E-state index contributed by atoms with van der Waals surface area (Å²) in [6.45, 7) is 1.42. The van der Waals surface area contributed by atoms with E-state index in [1.54, 1.807) is 0 Å². The van der Waals surface area contributed by atoms with Crippen molar-refractivity contribution in [2.45, 2.75) is 44.8 Å². The molecule has 2 fully saturated rings. The molecule has 2 aliphatic rings.